The second kappa shape index (κ2) is 12.2. The van der Waals surface area contributed by atoms with Gasteiger partial charge in [0.25, 0.3) is 5.91 Å². The maximum absolute atomic E-state index is 13.5. The third kappa shape index (κ3) is 5.84. The molecule has 15 heteroatoms. The quantitative estimate of drug-likeness (QED) is 0.229. The number of hydrogen-bond acceptors (Lipinski definition) is 9. The summed E-state index contributed by atoms with van der Waals surface area (Å²) >= 11 is 15.0. The number of halogens is 2. The molecule has 0 aliphatic carbocycles. The number of aliphatic carboxylic acids is 1. The minimum absolute atomic E-state index is 0.0583. The Balaban J connectivity index is 1.30. The fourth-order valence-electron chi connectivity index (χ4n) is 4.41. The molecule has 1 saturated heterocycles. The van der Waals surface area contributed by atoms with Gasteiger partial charge in [-0.2, -0.15) is 0 Å². The van der Waals surface area contributed by atoms with Crippen LogP contribution in [0.3, 0.4) is 0 Å². The van der Waals surface area contributed by atoms with Crippen LogP contribution in [0.25, 0.3) is 0 Å². The first-order chi connectivity index (χ1) is 19.2. The van der Waals surface area contributed by atoms with Gasteiger partial charge in [0.15, 0.2) is 0 Å². The number of carboxylic acid groups (broad SMARTS) is 1. The molecule has 0 spiro atoms. The molecule has 0 radical (unpaired) electrons. The van der Waals surface area contributed by atoms with Crippen LogP contribution in [0, 0.1) is 0 Å². The Hall–Kier alpha value is -3.10. The average Bonchev–Trinajstić information content (AvgIpc) is 3.35. The lowest BCUT2D eigenvalue weighted by Crippen LogP contribution is -2.71. The van der Waals surface area contributed by atoms with Gasteiger partial charge >= 0.3 is 5.97 Å². The van der Waals surface area contributed by atoms with Crippen LogP contribution in [-0.2, 0) is 28.0 Å². The van der Waals surface area contributed by atoms with E-state index in [4.69, 9.17) is 23.2 Å². The second-order valence-electron chi connectivity index (χ2n) is 8.99. The summed E-state index contributed by atoms with van der Waals surface area (Å²) in [6.45, 7) is 0.278. The number of hydrogen-bond donors (Lipinski definition) is 3. The first kappa shape index (κ1) is 28.4. The molecule has 1 aromatic heterocycles. The fourth-order valence-corrected chi connectivity index (χ4v) is 7.22. The number of benzene rings is 2. The van der Waals surface area contributed by atoms with E-state index in [1.165, 1.54) is 33.1 Å². The van der Waals surface area contributed by atoms with Crippen molar-refractivity contribution in [1.29, 1.82) is 0 Å². The zero-order valence-electron chi connectivity index (χ0n) is 21.0. The molecule has 0 saturated carbocycles. The summed E-state index contributed by atoms with van der Waals surface area (Å²) in [6.07, 6.45) is 0. The highest BCUT2D eigenvalue weighted by Gasteiger charge is 2.54. The summed E-state index contributed by atoms with van der Waals surface area (Å²) in [5.41, 5.74) is 1.99. The van der Waals surface area contributed by atoms with Gasteiger partial charge in [0, 0.05) is 35.1 Å². The van der Waals surface area contributed by atoms with Gasteiger partial charge < -0.3 is 10.4 Å². The van der Waals surface area contributed by atoms with Crippen molar-refractivity contribution in [3.63, 3.8) is 0 Å². The predicted molar refractivity (Wildman–Crippen MR) is 152 cm³/mol. The maximum atomic E-state index is 13.5. The minimum atomic E-state index is -1.20. The van der Waals surface area contributed by atoms with Crippen LogP contribution in [0.2, 0.25) is 10.0 Å². The van der Waals surface area contributed by atoms with Crippen LogP contribution < -0.4 is 10.6 Å². The van der Waals surface area contributed by atoms with Crippen LogP contribution in [0.5, 0.6) is 0 Å². The number of rotatable bonds is 10. The molecule has 3 heterocycles. The smallest absolute Gasteiger partial charge is 0.352 e. The summed E-state index contributed by atoms with van der Waals surface area (Å²) < 4.78 is 1.49. The summed E-state index contributed by atoms with van der Waals surface area (Å²) in [5.74, 6) is -1.39. The van der Waals surface area contributed by atoms with Crippen molar-refractivity contribution < 1.29 is 19.5 Å². The van der Waals surface area contributed by atoms with E-state index in [1.54, 1.807) is 25.2 Å². The average molecular weight is 621 g/mol. The molecule has 3 aromatic rings. The molecule has 3 atom stereocenters. The zero-order chi connectivity index (χ0) is 28.4. The molecule has 2 amide bonds. The standard InChI is InChI=1S/C25H23Cl2N7O4S2/c1-33-25(30-31-32-33)40-12-15-11-39-23-19(22(36)34(23)20(15)24(37)38)29-21(35)18(13-5-3-2-4-6-13)28-10-14-7-8-16(26)9-17(14)27/h2-9,18-19,23,28H,10-12H2,1H3,(H,29,35)(H,37,38)/t18-,19?,23-/m0/s1. The molecular weight excluding hydrogens is 597 g/mol. The molecule has 2 aliphatic heterocycles. The Kier molecular flexibility index (Phi) is 8.66. The van der Waals surface area contributed by atoms with Crippen molar-refractivity contribution in [2.45, 2.75) is 29.2 Å². The molecule has 40 heavy (non-hydrogen) atoms. The lowest BCUT2D eigenvalue weighted by Gasteiger charge is -2.49. The van der Waals surface area contributed by atoms with Gasteiger partial charge in [-0.25, -0.2) is 9.48 Å². The number of carbonyl (C=O) groups is 3. The van der Waals surface area contributed by atoms with Crippen LogP contribution >= 0.6 is 46.7 Å². The Labute approximate surface area is 247 Å². The predicted octanol–water partition coefficient (Wildman–Crippen LogP) is 2.88. The van der Waals surface area contributed by atoms with Crippen LogP contribution in [0.1, 0.15) is 17.2 Å². The van der Waals surface area contributed by atoms with Crippen LogP contribution in [0.15, 0.2) is 65.0 Å². The molecule has 5 rings (SSSR count). The molecule has 11 nitrogen and oxygen atoms in total. The van der Waals surface area contributed by atoms with E-state index >= 15 is 0 Å². The number of carboxylic acids is 1. The normalized spacial score (nSPS) is 19.2. The third-order valence-electron chi connectivity index (χ3n) is 6.41. The third-order valence-corrected chi connectivity index (χ3v) is 9.43. The van der Waals surface area contributed by atoms with Crippen molar-refractivity contribution in [2.24, 2.45) is 7.05 Å². The van der Waals surface area contributed by atoms with Crippen molar-refractivity contribution >= 4 is 64.5 Å². The van der Waals surface area contributed by atoms with Crippen LogP contribution in [0.4, 0.5) is 0 Å². The molecule has 2 aliphatic rings. The highest BCUT2D eigenvalue weighted by molar-refractivity contribution is 8.01. The van der Waals surface area contributed by atoms with Gasteiger partial charge in [0.2, 0.25) is 11.1 Å². The van der Waals surface area contributed by atoms with Gasteiger partial charge in [-0.05, 0) is 39.3 Å². The topological polar surface area (TPSA) is 142 Å². The van der Waals surface area contributed by atoms with Gasteiger partial charge in [0.05, 0.1) is 0 Å². The van der Waals surface area contributed by atoms with Crippen molar-refractivity contribution in [2.75, 3.05) is 11.5 Å². The van der Waals surface area contributed by atoms with Crippen molar-refractivity contribution in [1.82, 2.24) is 35.7 Å². The first-order valence-electron chi connectivity index (χ1n) is 12.0. The molecule has 0 bridgehead atoms. The largest absolute Gasteiger partial charge is 0.477 e. The summed E-state index contributed by atoms with van der Waals surface area (Å²) in [4.78, 5) is 40.2. The van der Waals surface area contributed by atoms with E-state index in [-0.39, 0.29) is 12.2 Å². The van der Waals surface area contributed by atoms with Gasteiger partial charge in [-0.15, -0.1) is 16.9 Å². The van der Waals surface area contributed by atoms with E-state index in [0.717, 1.165) is 5.56 Å². The van der Waals surface area contributed by atoms with Gasteiger partial charge in [-0.3, -0.25) is 19.8 Å². The number of β-lactam (4-membered cyclic amide) rings is 1. The number of thioether (sulfide) groups is 2. The van der Waals surface area contributed by atoms with E-state index in [0.29, 0.717) is 37.8 Å². The van der Waals surface area contributed by atoms with Gasteiger partial charge in [-0.1, -0.05) is 71.4 Å². The van der Waals surface area contributed by atoms with Gasteiger partial charge in [0.1, 0.15) is 23.2 Å². The zero-order valence-corrected chi connectivity index (χ0v) is 24.1. The molecule has 208 valence electrons. The number of aryl methyl sites for hydroxylation is 1. The SMILES string of the molecule is Cn1nnnc1SCC1=C(C(=O)O)N2C(=O)C(NC(=O)[C@@H](NCc3ccc(Cl)cc3Cl)c3ccccc3)[C@@H]2SC1. The van der Waals surface area contributed by atoms with Crippen LogP contribution in [-0.4, -0.2) is 70.9 Å². The lowest BCUT2D eigenvalue weighted by molar-refractivity contribution is -0.151. The number of nitrogens with one attached hydrogen (secondary N) is 2. The lowest BCUT2D eigenvalue weighted by atomic mass is 10.0. The highest BCUT2D eigenvalue weighted by atomic mass is 35.5. The Bertz CT molecular complexity index is 1490. The molecular formula is C25H23Cl2N7O4S2. The van der Waals surface area contributed by atoms with E-state index in [9.17, 15) is 19.5 Å². The molecule has 2 aromatic carbocycles. The summed E-state index contributed by atoms with van der Waals surface area (Å²) in [6, 6.07) is 12.6. The number of carbonyl (C=O) groups excluding carboxylic acids is 2. The fraction of sp³-hybridized carbons (Fsp3) is 0.280. The molecule has 1 unspecified atom stereocenters. The van der Waals surface area contributed by atoms with E-state index in [1.807, 2.05) is 30.3 Å². The van der Waals surface area contributed by atoms with Crippen molar-refractivity contribution in [3.05, 3.63) is 81.0 Å². The number of fused-ring (bicyclic) bond motifs is 1. The first-order valence-corrected chi connectivity index (χ1v) is 14.8. The van der Waals surface area contributed by atoms with E-state index < -0.39 is 35.2 Å². The Morgan fingerprint density at radius 1 is 1.23 bits per heavy atom. The Morgan fingerprint density at radius 2 is 2.00 bits per heavy atom. The molecule has 1 fully saturated rings. The number of aromatic nitrogens is 4. The second-order valence-corrected chi connectivity index (χ2v) is 11.9. The Morgan fingerprint density at radius 3 is 2.67 bits per heavy atom. The summed E-state index contributed by atoms with van der Waals surface area (Å²) in [7, 11) is 1.69. The van der Waals surface area contributed by atoms with Crippen molar-refractivity contribution in [3.8, 4) is 0 Å². The number of tetrazole rings is 1. The molecule has 3 N–H and O–H groups in total. The minimum Gasteiger partial charge on any atom is -0.477 e. The summed E-state index contributed by atoms with van der Waals surface area (Å²) in [5, 5.41) is 28.2. The number of amides is 2. The highest BCUT2D eigenvalue weighted by Crippen LogP contribution is 2.41. The maximum Gasteiger partial charge on any atom is 0.352 e. The monoisotopic (exact) mass is 619 g/mol. The van der Waals surface area contributed by atoms with E-state index in [2.05, 4.69) is 26.2 Å². The number of nitrogens with zero attached hydrogens (tertiary/aromatic N) is 5.